The summed E-state index contributed by atoms with van der Waals surface area (Å²) in [5.74, 6) is -1.15. The Hall–Kier alpha value is -3.15. The highest BCUT2D eigenvalue weighted by atomic mass is 19.1. The number of methoxy groups -OCH3 is 1. The number of ether oxygens (including phenoxy) is 2. The van der Waals surface area contributed by atoms with Gasteiger partial charge in [-0.1, -0.05) is 32.0 Å². The lowest BCUT2D eigenvalue weighted by atomic mass is 10.0. The third-order valence-corrected chi connectivity index (χ3v) is 4.09. The van der Waals surface area contributed by atoms with Gasteiger partial charge in [-0.25, -0.2) is 9.18 Å². The molecule has 1 atom stereocenters. The second-order valence-corrected chi connectivity index (χ2v) is 6.57. The summed E-state index contributed by atoms with van der Waals surface area (Å²) in [4.78, 5) is 24.1. The first-order valence-corrected chi connectivity index (χ1v) is 8.93. The van der Waals surface area contributed by atoms with Crippen molar-refractivity contribution in [2.75, 3.05) is 12.4 Å². The molecule has 0 saturated heterocycles. The normalized spacial score (nSPS) is 12.1. The molecule has 148 valence electrons. The van der Waals surface area contributed by atoms with Crippen LogP contribution in [0.25, 0.3) is 6.08 Å². The van der Waals surface area contributed by atoms with Crippen LogP contribution in [-0.2, 0) is 14.3 Å². The second kappa shape index (κ2) is 9.69. The zero-order valence-corrected chi connectivity index (χ0v) is 16.4. The molecule has 28 heavy (non-hydrogen) atoms. The molecule has 0 spiro atoms. The molecule has 0 aliphatic rings. The first kappa shape index (κ1) is 21.2. The molecule has 5 nitrogen and oxygen atoms in total. The third kappa shape index (κ3) is 5.94. The Labute approximate surface area is 164 Å². The first-order chi connectivity index (χ1) is 13.3. The fourth-order valence-electron chi connectivity index (χ4n) is 2.41. The summed E-state index contributed by atoms with van der Waals surface area (Å²) in [5.41, 5.74) is 2.26. The molecule has 0 aliphatic carbocycles. The monoisotopic (exact) mass is 385 g/mol. The van der Waals surface area contributed by atoms with Crippen LogP contribution in [0, 0.1) is 5.82 Å². The fraction of sp³-hybridized carbons (Fsp3) is 0.273. The van der Waals surface area contributed by atoms with Gasteiger partial charge in [-0.3, -0.25) is 4.79 Å². The zero-order valence-electron chi connectivity index (χ0n) is 16.4. The van der Waals surface area contributed by atoms with Gasteiger partial charge >= 0.3 is 5.97 Å². The van der Waals surface area contributed by atoms with Crippen molar-refractivity contribution in [3.05, 3.63) is 65.5 Å². The van der Waals surface area contributed by atoms with E-state index in [0.29, 0.717) is 17.2 Å². The van der Waals surface area contributed by atoms with Crippen LogP contribution in [0.1, 0.15) is 37.8 Å². The number of halogens is 1. The Morgan fingerprint density at radius 1 is 1.07 bits per heavy atom. The second-order valence-electron chi connectivity index (χ2n) is 6.57. The van der Waals surface area contributed by atoms with Crippen LogP contribution in [0.5, 0.6) is 5.75 Å². The van der Waals surface area contributed by atoms with Crippen molar-refractivity contribution in [1.82, 2.24) is 0 Å². The lowest BCUT2D eigenvalue weighted by Gasteiger charge is -2.13. The molecular formula is C22H24FNO4. The van der Waals surface area contributed by atoms with E-state index in [1.807, 2.05) is 12.1 Å². The number of carbonyl (C=O) groups is 2. The van der Waals surface area contributed by atoms with Gasteiger partial charge < -0.3 is 14.8 Å². The van der Waals surface area contributed by atoms with E-state index in [0.717, 1.165) is 11.6 Å². The van der Waals surface area contributed by atoms with Crippen molar-refractivity contribution < 1.29 is 23.5 Å². The molecular weight excluding hydrogens is 361 g/mol. The molecule has 0 aromatic heterocycles. The van der Waals surface area contributed by atoms with Crippen molar-refractivity contribution >= 4 is 23.6 Å². The highest BCUT2D eigenvalue weighted by Crippen LogP contribution is 2.19. The SMILES string of the molecule is COc1ccc(/C=C/C(=O)O[C@H](C)C(=O)Nc2ccc(C(C)C)cc2)cc1F. The van der Waals surface area contributed by atoms with Crippen molar-refractivity contribution in [2.24, 2.45) is 0 Å². The van der Waals surface area contributed by atoms with E-state index < -0.39 is 23.8 Å². The van der Waals surface area contributed by atoms with Crippen LogP contribution < -0.4 is 10.1 Å². The molecule has 2 aromatic carbocycles. The summed E-state index contributed by atoms with van der Waals surface area (Å²) >= 11 is 0. The summed E-state index contributed by atoms with van der Waals surface area (Å²) in [6.07, 6.45) is 1.57. The minimum Gasteiger partial charge on any atom is -0.494 e. The smallest absolute Gasteiger partial charge is 0.331 e. The quantitative estimate of drug-likeness (QED) is 0.561. The van der Waals surface area contributed by atoms with Crippen LogP contribution in [0.15, 0.2) is 48.5 Å². The van der Waals surface area contributed by atoms with Gasteiger partial charge in [-0.05, 0) is 54.3 Å². The summed E-state index contributed by atoms with van der Waals surface area (Å²) in [6.45, 7) is 5.66. The molecule has 2 aromatic rings. The zero-order chi connectivity index (χ0) is 20.7. The van der Waals surface area contributed by atoms with Gasteiger partial charge in [0.1, 0.15) is 0 Å². The Kier molecular flexibility index (Phi) is 7.32. The molecule has 0 aliphatic heterocycles. The first-order valence-electron chi connectivity index (χ1n) is 8.93. The van der Waals surface area contributed by atoms with Crippen molar-refractivity contribution in [1.29, 1.82) is 0 Å². The number of rotatable bonds is 7. The number of amides is 1. The maximum atomic E-state index is 13.6. The van der Waals surface area contributed by atoms with Crippen molar-refractivity contribution in [3.8, 4) is 5.75 Å². The van der Waals surface area contributed by atoms with E-state index in [-0.39, 0.29) is 5.75 Å². The largest absolute Gasteiger partial charge is 0.494 e. The highest BCUT2D eigenvalue weighted by molar-refractivity contribution is 5.96. The van der Waals surface area contributed by atoms with E-state index in [4.69, 9.17) is 9.47 Å². The van der Waals surface area contributed by atoms with E-state index in [9.17, 15) is 14.0 Å². The average Bonchev–Trinajstić information content (AvgIpc) is 2.66. The molecule has 0 fully saturated rings. The Bertz CT molecular complexity index is 859. The summed E-state index contributed by atoms with van der Waals surface area (Å²) in [5, 5.41) is 2.70. The van der Waals surface area contributed by atoms with E-state index in [2.05, 4.69) is 19.2 Å². The summed E-state index contributed by atoms with van der Waals surface area (Å²) < 4.78 is 23.6. The average molecular weight is 385 g/mol. The van der Waals surface area contributed by atoms with Crippen LogP contribution in [0.3, 0.4) is 0 Å². The number of esters is 1. The Balaban J connectivity index is 1.90. The molecule has 0 radical (unpaired) electrons. The molecule has 6 heteroatoms. The summed E-state index contributed by atoms with van der Waals surface area (Å²) in [7, 11) is 1.37. The molecule has 1 N–H and O–H groups in total. The molecule has 1 amide bonds. The van der Waals surface area contributed by atoms with Crippen molar-refractivity contribution in [3.63, 3.8) is 0 Å². The van der Waals surface area contributed by atoms with Crippen LogP contribution >= 0.6 is 0 Å². The predicted octanol–water partition coefficient (Wildman–Crippen LogP) is 4.54. The highest BCUT2D eigenvalue weighted by Gasteiger charge is 2.16. The van der Waals surface area contributed by atoms with E-state index in [1.54, 1.807) is 18.2 Å². The number of hydrogen-bond acceptors (Lipinski definition) is 4. The van der Waals surface area contributed by atoms with Gasteiger partial charge in [0, 0.05) is 11.8 Å². The Morgan fingerprint density at radius 2 is 1.75 bits per heavy atom. The van der Waals surface area contributed by atoms with Gasteiger partial charge in [0.2, 0.25) is 0 Å². The van der Waals surface area contributed by atoms with Gasteiger partial charge in [0.05, 0.1) is 7.11 Å². The lowest BCUT2D eigenvalue weighted by Crippen LogP contribution is -2.29. The lowest BCUT2D eigenvalue weighted by molar-refractivity contribution is -0.148. The molecule has 0 heterocycles. The van der Waals surface area contributed by atoms with Crippen molar-refractivity contribution in [2.45, 2.75) is 32.8 Å². The molecule has 2 rings (SSSR count). The van der Waals surface area contributed by atoms with Gasteiger partial charge in [0.25, 0.3) is 5.91 Å². The van der Waals surface area contributed by atoms with Crippen LogP contribution in [0.2, 0.25) is 0 Å². The predicted molar refractivity (Wildman–Crippen MR) is 107 cm³/mol. The van der Waals surface area contributed by atoms with Gasteiger partial charge in [0.15, 0.2) is 17.7 Å². The minimum absolute atomic E-state index is 0.117. The number of anilines is 1. The standard InChI is InChI=1S/C22H24FNO4/c1-14(2)17-7-9-18(10-8-17)24-22(26)15(3)28-21(25)12-6-16-5-11-20(27-4)19(23)13-16/h5-15H,1-4H3,(H,24,26)/b12-6+/t15-/m1/s1. The van der Waals surface area contributed by atoms with Crippen LogP contribution in [0.4, 0.5) is 10.1 Å². The van der Waals surface area contributed by atoms with E-state index >= 15 is 0 Å². The number of nitrogens with one attached hydrogen (secondary N) is 1. The third-order valence-electron chi connectivity index (χ3n) is 4.09. The Morgan fingerprint density at radius 3 is 2.32 bits per heavy atom. The maximum Gasteiger partial charge on any atom is 0.331 e. The van der Waals surface area contributed by atoms with Gasteiger partial charge in [-0.2, -0.15) is 0 Å². The molecule has 0 unspecified atom stereocenters. The minimum atomic E-state index is -0.977. The molecule has 0 saturated carbocycles. The summed E-state index contributed by atoms with van der Waals surface area (Å²) in [6, 6.07) is 11.8. The van der Waals surface area contributed by atoms with Crippen LogP contribution in [-0.4, -0.2) is 25.1 Å². The maximum absolute atomic E-state index is 13.6. The fourth-order valence-corrected chi connectivity index (χ4v) is 2.41. The van der Waals surface area contributed by atoms with E-state index in [1.165, 1.54) is 32.2 Å². The topological polar surface area (TPSA) is 64.6 Å². The van der Waals surface area contributed by atoms with Gasteiger partial charge in [-0.15, -0.1) is 0 Å². The number of carbonyl (C=O) groups excluding carboxylic acids is 2. The molecule has 0 bridgehead atoms. The number of benzene rings is 2. The number of hydrogen-bond donors (Lipinski definition) is 1.